The van der Waals surface area contributed by atoms with Crippen LogP contribution >= 0.6 is 0 Å². The normalized spacial score (nSPS) is 27.2. The first-order valence-corrected chi connectivity index (χ1v) is 5.87. The first-order chi connectivity index (χ1) is 7.75. The molecule has 5 nitrogen and oxygen atoms in total. The number of ether oxygens (including phenoxy) is 1. The number of rotatable bonds is 2. The van der Waals surface area contributed by atoms with Gasteiger partial charge >= 0.3 is 0 Å². The third kappa shape index (κ3) is 1.51. The van der Waals surface area contributed by atoms with Gasteiger partial charge in [0.05, 0.1) is 42.9 Å². The summed E-state index contributed by atoms with van der Waals surface area (Å²) in [6, 6.07) is 1.12. The van der Waals surface area contributed by atoms with E-state index in [1.807, 2.05) is 6.92 Å². The average molecular weight is 222 g/mol. The molecule has 2 aliphatic rings. The number of hydrogen-bond acceptors (Lipinski definition) is 4. The minimum atomic E-state index is 0.484. The maximum atomic E-state index is 5.82. The summed E-state index contributed by atoms with van der Waals surface area (Å²) in [5, 5.41) is 4.37. The molecule has 0 radical (unpaired) electrons. The van der Waals surface area contributed by atoms with Crippen molar-refractivity contribution in [2.75, 3.05) is 32.0 Å². The SMILES string of the molecule is Cc1c(N)cnn1[C@H]1CCN(C2COC2)C1. The van der Waals surface area contributed by atoms with Crippen molar-refractivity contribution in [3.8, 4) is 0 Å². The van der Waals surface area contributed by atoms with E-state index < -0.39 is 0 Å². The van der Waals surface area contributed by atoms with Gasteiger partial charge < -0.3 is 10.5 Å². The average Bonchev–Trinajstić information content (AvgIpc) is 2.74. The second-order valence-corrected chi connectivity index (χ2v) is 4.76. The summed E-state index contributed by atoms with van der Waals surface area (Å²) in [7, 11) is 0. The highest BCUT2D eigenvalue weighted by atomic mass is 16.5. The molecule has 5 heteroatoms. The van der Waals surface area contributed by atoms with E-state index >= 15 is 0 Å². The molecule has 2 saturated heterocycles. The zero-order valence-corrected chi connectivity index (χ0v) is 9.59. The summed E-state index contributed by atoms with van der Waals surface area (Å²) in [6.07, 6.45) is 2.92. The molecule has 0 bridgehead atoms. The first kappa shape index (κ1) is 10.1. The molecule has 88 valence electrons. The van der Waals surface area contributed by atoms with E-state index in [1.54, 1.807) is 6.20 Å². The fourth-order valence-corrected chi connectivity index (χ4v) is 2.54. The lowest BCUT2D eigenvalue weighted by molar-refractivity contribution is -0.0579. The van der Waals surface area contributed by atoms with Gasteiger partial charge in [0.15, 0.2) is 0 Å². The lowest BCUT2D eigenvalue weighted by Gasteiger charge is -2.34. The molecule has 2 aliphatic heterocycles. The predicted octanol–water partition coefficient (Wildman–Crippen LogP) is 0.419. The van der Waals surface area contributed by atoms with Crippen LogP contribution in [0.4, 0.5) is 5.69 Å². The highest BCUT2D eigenvalue weighted by Crippen LogP contribution is 2.27. The molecule has 3 heterocycles. The molecule has 0 saturated carbocycles. The molecule has 2 fully saturated rings. The van der Waals surface area contributed by atoms with Crippen LogP contribution in [-0.2, 0) is 4.74 Å². The predicted molar refractivity (Wildman–Crippen MR) is 61.2 cm³/mol. The topological polar surface area (TPSA) is 56.3 Å². The number of nitrogens with zero attached hydrogens (tertiary/aromatic N) is 3. The number of nitrogens with two attached hydrogens (primary N) is 1. The maximum absolute atomic E-state index is 5.82. The second kappa shape index (κ2) is 3.75. The van der Waals surface area contributed by atoms with Gasteiger partial charge in [-0.15, -0.1) is 0 Å². The molecule has 0 aromatic carbocycles. The number of likely N-dealkylation sites (tertiary alicyclic amines) is 1. The molecule has 0 amide bonds. The van der Waals surface area contributed by atoms with Crippen LogP contribution in [-0.4, -0.2) is 47.0 Å². The van der Waals surface area contributed by atoms with Gasteiger partial charge in [-0.25, -0.2) is 0 Å². The molecule has 1 aromatic heterocycles. The molecule has 0 unspecified atom stereocenters. The smallest absolute Gasteiger partial charge is 0.0730 e. The number of aromatic nitrogens is 2. The summed E-state index contributed by atoms with van der Waals surface area (Å²) >= 11 is 0. The van der Waals surface area contributed by atoms with Crippen molar-refractivity contribution in [2.24, 2.45) is 0 Å². The van der Waals surface area contributed by atoms with E-state index in [1.165, 1.54) is 6.42 Å². The Kier molecular flexibility index (Phi) is 2.37. The summed E-state index contributed by atoms with van der Waals surface area (Å²) < 4.78 is 7.31. The van der Waals surface area contributed by atoms with Crippen LogP contribution < -0.4 is 5.73 Å². The highest BCUT2D eigenvalue weighted by molar-refractivity contribution is 5.40. The largest absolute Gasteiger partial charge is 0.396 e. The van der Waals surface area contributed by atoms with Crippen LogP contribution in [0.1, 0.15) is 18.2 Å². The van der Waals surface area contributed by atoms with Gasteiger partial charge in [-0.1, -0.05) is 0 Å². The minimum Gasteiger partial charge on any atom is -0.396 e. The molecule has 0 spiro atoms. The molecule has 1 atom stereocenters. The highest BCUT2D eigenvalue weighted by Gasteiger charge is 2.33. The summed E-state index contributed by atoms with van der Waals surface area (Å²) in [6.45, 7) is 6.06. The standard InChI is InChI=1S/C11H18N4O/c1-8-11(12)4-13-15(8)9-2-3-14(5-9)10-6-16-7-10/h4,9-10H,2-3,5-7,12H2,1H3/t9-/m0/s1. The van der Waals surface area contributed by atoms with E-state index in [2.05, 4.69) is 14.7 Å². The van der Waals surface area contributed by atoms with Crippen LogP contribution in [0.25, 0.3) is 0 Å². The van der Waals surface area contributed by atoms with Gasteiger partial charge in [0, 0.05) is 13.1 Å². The van der Waals surface area contributed by atoms with Gasteiger partial charge in [0.2, 0.25) is 0 Å². The minimum absolute atomic E-state index is 0.484. The van der Waals surface area contributed by atoms with Crippen LogP contribution in [0, 0.1) is 6.92 Å². The van der Waals surface area contributed by atoms with Crippen molar-refractivity contribution < 1.29 is 4.74 Å². The van der Waals surface area contributed by atoms with E-state index in [4.69, 9.17) is 10.5 Å². The Bertz CT molecular complexity index is 385. The monoisotopic (exact) mass is 222 g/mol. The summed E-state index contributed by atoms with van der Waals surface area (Å²) in [4.78, 5) is 2.51. The van der Waals surface area contributed by atoms with E-state index in [-0.39, 0.29) is 0 Å². The quantitative estimate of drug-likeness (QED) is 0.788. The van der Waals surface area contributed by atoms with E-state index in [0.717, 1.165) is 37.7 Å². The molecule has 2 N–H and O–H groups in total. The van der Waals surface area contributed by atoms with Crippen molar-refractivity contribution in [1.29, 1.82) is 0 Å². The molecular formula is C11H18N4O. The zero-order chi connectivity index (χ0) is 11.1. The lowest BCUT2D eigenvalue weighted by atomic mass is 10.2. The Hall–Kier alpha value is -1.07. The zero-order valence-electron chi connectivity index (χ0n) is 9.59. The first-order valence-electron chi connectivity index (χ1n) is 5.87. The second-order valence-electron chi connectivity index (χ2n) is 4.76. The summed E-state index contributed by atoms with van der Waals surface area (Å²) in [5.74, 6) is 0. The van der Waals surface area contributed by atoms with Crippen molar-refractivity contribution in [3.63, 3.8) is 0 Å². The van der Waals surface area contributed by atoms with Crippen LogP contribution in [0.2, 0.25) is 0 Å². The third-order valence-corrected chi connectivity index (χ3v) is 3.76. The van der Waals surface area contributed by atoms with E-state index in [0.29, 0.717) is 12.1 Å². The summed E-state index contributed by atoms with van der Waals surface area (Å²) in [5.41, 5.74) is 7.71. The Balaban J connectivity index is 1.70. The van der Waals surface area contributed by atoms with Crippen molar-refractivity contribution in [2.45, 2.75) is 25.4 Å². The number of nitrogen functional groups attached to an aromatic ring is 1. The van der Waals surface area contributed by atoms with Gasteiger partial charge in [0.1, 0.15) is 0 Å². The Morgan fingerprint density at radius 1 is 1.44 bits per heavy atom. The third-order valence-electron chi connectivity index (χ3n) is 3.76. The van der Waals surface area contributed by atoms with Crippen molar-refractivity contribution >= 4 is 5.69 Å². The maximum Gasteiger partial charge on any atom is 0.0730 e. The van der Waals surface area contributed by atoms with Crippen LogP contribution in [0.15, 0.2) is 6.20 Å². The number of hydrogen-bond donors (Lipinski definition) is 1. The lowest BCUT2D eigenvalue weighted by Crippen LogP contribution is -2.47. The Labute approximate surface area is 95.2 Å². The molecule has 16 heavy (non-hydrogen) atoms. The van der Waals surface area contributed by atoms with Gasteiger partial charge in [-0.05, 0) is 13.3 Å². The molecular weight excluding hydrogens is 204 g/mol. The Morgan fingerprint density at radius 3 is 2.81 bits per heavy atom. The molecule has 0 aliphatic carbocycles. The molecule has 3 rings (SSSR count). The van der Waals surface area contributed by atoms with Crippen LogP contribution in [0.3, 0.4) is 0 Å². The fourth-order valence-electron chi connectivity index (χ4n) is 2.54. The van der Waals surface area contributed by atoms with Gasteiger partial charge in [-0.2, -0.15) is 5.10 Å². The molecule has 1 aromatic rings. The van der Waals surface area contributed by atoms with Crippen LogP contribution in [0.5, 0.6) is 0 Å². The van der Waals surface area contributed by atoms with Crippen molar-refractivity contribution in [3.05, 3.63) is 11.9 Å². The van der Waals surface area contributed by atoms with E-state index in [9.17, 15) is 0 Å². The van der Waals surface area contributed by atoms with Crippen molar-refractivity contribution in [1.82, 2.24) is 14.7 Å². The fraction of sp³-hybridized carbons (Fsp3) is 0.727. The van der Waals surface area contributed by atoms with Gasteiger partial charge in [0.25, 0.3) is 0 Å². The number of anilines is 1. The van der Waals surface area contributed by atoms with Gasteiger partial charge in [-0.3, -0.25) is 9.58 Å². The Morgan fingerprint density at radius 2 is 2.25 bits per heavy atom.